The second kappa shape index (κ2) is 7.04. The fourth-order valence-corrected chi connectivity index (χ4v) is 5.67. The van der Waals surface area contributed by atoms with Gasteiger partial charge in [0.2, 0.25) is 0 Å². The van der Waals surface area contributed by atoms with Crippen LogP contribution in [0.1, 0.15) is 26.1 Å². The first-order chi connectivity index (χ1) is 9.11. The summed E-state index contributed by atoms with van der Waals surface area (Å²) in [5.41, 5.74) is 0. The summed E-state index contributed by atoms with van der Waals surface area (Å²) in [7, 11) is 4.17. The minimum absolute atomic E-state index is 0.587. The predicted molar refractivity (Wildman–Crippen MR) is 87.1 cm³/mol. The number of aryl methyl sites for hydroxylation is 2. The first kappa shape index (κ1) is 15.3. The molecule has 0 spiro atoms. The molecule has 1 aromatic heterocycles. The SMILES string of the molecule is CNC(CCc1nccn1C)C1CSC(C)C(C)S1. The van der Waals surface area contributed by atoms with Gasteiger partial charge in [-0.1, -0.05) is 13.8 Å². The third-order valence-electron chi connectivity index (χ3n) is 3.99. The molecular weight excluding hydrogens is 274 g/mol. The number of rotatable bonds is 5. The Morgan fingerprint density at radius 1 is 1.47 bits per heavy atom. The van der Waals surface area contributed by atoms with E-state index in [2.05, 4.69) is 66.3 Å². The van der Waals surface area contributed by atoms with Gasteiger partial charge in [0.05, 0.1) is 0 Å². The molecule has 1 fully saturated rings. The summed E-state index contributed by atoms with van der Waals surface area (Å²) in [5.74, 6) is 2.46. The lowest BCUT2D eigenvalue weighted by atomic mass is 10.1. The van der Waals surface area contributed by atoms with Crippen molar-refractivity contribution < 1.29 is 0 Å². The Morgan fingerprint density at radius 3 is 2.84 bits per heavy atom. The molecule has 5 heteroatoms. The molecular formula is C14H25N3S2. The smallest absolute Gasteiger partial charge is 0.108 e. The topological polar surface area (TPSA) is 29.9 Å². The van der Waals surface area contributed by atoms with Gasteiger partial charge in [-0.05, 0) is 13.5 Å². The molecule has 4 atom stereocenters. The van der Waals surface area contributed by atoms with E-state index in [0.29, 0.717) is 6.04 Å². The summed E-state index contributed by atoms with van der Waals surface area (Å²) >= 11 is 4.28. The zero-order valence-corrected chi connectivity index (χ0v) is 13.9. The van der Waals surface area contributed by atoms with Gasteiger partial charge >= 0.3 is 0 Å². The van der Waals surface area contributed by atoms with Gasteiger partial charge in [-0.3, -0.25) is 0 Å². The van der Waals surface area contributed by atoms with Crippen molar-refractivity contribution >= 4 is 23.5 Å². The molecule has 1 aromatic rings. The summed E-state index contributed by atoms with van der Waals surface area (Å²) in [4.78, 5) is 4.42. The molecule has 1 aliphatic heterocycles. The number of nitrogens with one attached hydrogen (secondary N) is 1. The van der Waals surface area contributed by atoms with Crippen LogP contribution in [0, 0.1) is 0 Å². The Bertz CT molecular complexity index is 394. The largest absolute Gasteiger partial charge is 0.338 e. The van der Waals surface area contributed by atoms with Crippen LogP contribution < -0.4 is 5.32 Å². The van der Waals surface area contributed by atoms with Gasteiger partial charge in [0, 0.05) is 53.4 Å². The second-order valence-electron chi connectivity index (χ2n) is 5.31. The lowest BCUT2D eigenvalue weighted by Gasteiger charge is -2.35. The summed E-state index contributed by atoms with van der Waals surface area (Å²) in [6.07, 6.45) is 6.14. The highest BCUT2D eigenvalue weighted by atomic mass is 32.2. The van der Waals surface area contributed by atoms with E-state index < -0.39 is 0 Å². The standard InChI is InChI=1S/C14H25N3S2/c1-10-11(2)19-13(9-18-10)12(15-3)5-6-14-16-7-8-17(14)4/h7-8,10-13,15H,5-6,9H2,1-4H3. The van der Waals surface area contributed by atoms with Crippen molar-refractivity contribution in [1.82, 2.24) is 14.9 Å². The molecule has 0 bridgehead atoms. The number of imidazole rings is 1. The minimum Gasteiger partial charge on any atom is -0.338 e. The molecule has 1 aliphatic rings. The Labute approximate surface area is 125 Å². The van der Waals surface area contributed by atoms with Crippen LogP contribution in [0.25, 0.3) is 0 Å². The van der Waals surface area contributed by atoms with Crippen LogP contribution in [0.2, 0.25) is 0 Å². The number of hydrogen-bond donors (Lipinski definition) is 1. The van der Waals surface area contributed by atoms with E-state index >= 15 is 0 Å². The van der Waals surface area contributed by atoms with Crippen molar-refractivity contribution in [2.75, 3.05) is 12.8 Å². The fraction of sp³-hybridized carbons (Fsp3) is 0.786. The van der Waals surface area contributed by atoms with E-state index in [1.807, 2.05) is 12.4 Å². The van der Waals surface area contributed by atoms with Crippen LogP contribution in [0.3, 0.4) is 0 Å². The molecule has 1 saturated heterocycles. The Morgan fingerprint density at radius 2 is 2.26 bits per heavy atom. The molecule has 19 heavy (non-hydrogen) atoms. The number of nitrogens with zero attached hydrogens (tertiary/aromatic N) is 2. The fourth-order valence-electron chi connectivity index (χ4n) is 2.46. The van der Waals surface area contributed by atoms with Crippen LogP contribution >= 0.6 is 23.5 Å². The van der Waals surface area contributed by atoms with E-state index in [1.54, 1.807) is 0 Å². The molecule has 0 amide bonds. The van der Waals surface area contributed by atoms with Gasteiger partial charge in [0.25, 0.3) is 0 Å². The Kier molecular flexibility index (Phi) is 5.66. The first-order valence-electron chi connectivity index (χ1n) is 7.02. The normalized spacial score (nSPS) is 29.4. The van der Waals surface area contributed by atoms with Gasteiger partial charge in [-0.15, -0.1) is 0 Å². The third kappa shape index (κ3) is 3.92. The van der Waals surface area contributed by atoms with E-state index in [0.717, 1.165) is 22.2 Å². The lowest BCUT2D eigenvalue weighted by Crippen LogP contribution is -2.42. The monoisotopic (exact) mass is 299 g/mol. The van der Waals surface area contributed by atoms with E-state index in [9.17, 15) is 0 Å². The van der Waals surface area contributed by atoms with Crippen molar-refractivity contribution in [3.63, 3.8) is 0 Å². The molecule has 0 radical (unpaired) electrons. The van der Waals surface area contributed by atoms with E-state index in [4.69, 9.17) is 0 Å². The zero-order chi connectivity index (χ0) is 13.8. The third-order valence-corrected chi connectivity index (χ3v) is 7.54. The van der Waals surface area contributed by atoms with Gasteiger partial charge in [0.1, 0.15) is 5.82 Å². The highest BCUT2D eigenvalue weighted by Crippen LogP contribution is 2.37. The molecule has 4 unspecified atom stereocenters. The molecule has 2 rings (SSSR count). The van der Waals surface area contributed by atoms with Gasteiger partial charge in [-0.2, -0.15) is 23.5 Å². The molecule has 1 N–H and O–H groups in total. The Hall–Kier alpha value is -0.130. The zero-order valence-electron chi connectivity index (χ0n) is 12.3. The van der Waals surface area contributed by atoms with E-state index in [1.165, 1.54) is 18.0 Å². The Balaban J connectivity index is 1.88. The minimum atomic E-state index is 0.587. The van der Waals surface area contributed by atoms with Gasteiger partial charge < -0.3 is 9.88 Å². The van der Waals surface area contributed by atoms with Crippen molar-refractivity contribution in [3.05, 3.63) is 18.2 Å². The van der Waals surface area contributed by atoms with Gasteiger partial charge in [0.15, 0.2) is 0 Å². The van der Waals surface area contributed by atoms with Crippen LogP contribution in [0.4, 0.5) is 0 Å². The molecule has 0 aliphatic carbocycles. The molecule has 2 heterocycles. The maximum Gasteiger partial charge on any atom is 0.108 e. The quantitative estimate of drug-likeness (QED) is 0.905. The summed E-state index contributed by atoms with van der Waals surface area (Å²) < 4.78 is 2.13. The van der Waals surface area contributed by atoms with Crippen LogP contribution in [0.5, 0.6) is 0 Å². The first-order valence-corrected chi connectivity index (χ1v) is 9.01. The summed E-state index contributed by atoms with van der Waals surface area (Å²) in [5, 5.41) is 5.78. The average Bonchev–Trinajstić information content (AvgIpc) is 2.80. The lowest BCUT2D eigenvalue weighted by molar-refractivity contribution is 0.509. The number of thioether (sulfide) groups is 2. The molecule has 0 saturated carbocycles. The molecule has 3 nitrogen and oxygen atoms in total. The van der Waals surface area contributed by atoms with Crippen molar-refractivity contribution in [2.24, 2.45) is 7.05 Å². The maximum atomic E-state index is 4.42. The molecule has 0 aromatic carbocycles. The van der Waals surface area contributed by atoms with Crippen molar-refractivity contribution in [2.45, 2.75) is 48.5 Å². The summed E-state index contributed by atoms with van der Waals surface area (Å²) in [6, 6.07) is 0.587. The highest BCUT2D eigenvalue weighted by Gasteiger charge is 2.30. The van der Waals surface area contributed by atoms with Crippen LogP contribution in [0.15, 0.2) is 12.4 Å². The number of hydrogen-bond acceptors (Lipinski definition) is 4. The molecule has 108 valence electrons. The van der Waals surface area contributed by atoms with Crippen LogP contribution in [-0.4, -0.2) is 44.1 Å². The van der Waals surface area contributed by atoms with Gasteiger partial charge in [-0.25, -0.2) is 4.98 Å². The van der Waals surface area contributed by atoms with Crippen molar-refractivity contribution in [1.29, 1.82) is 0 Å². The van der Waals surface area contributed by atoms with E-state index in [-0.39, 0.29) is 0 Å². The number of aromatic nitrogens is 2. The highest BCUT2D eigenvalue weighted by molar-refractivity contribution is 8.07. The average molecular weight is 300 g/mol. The summed E-state index contributed by atoms with van der Waals surface area (Å²) in [6.45, 7) is 4.71. The maximum absolute atomic E-state index is 4.42. The second-order valence-corrected chi connectivity index (χ2v) is 8.34. The van der Waals surface area contributed by atoms with Crippen LogP contribution in [-0.2, 0) is 13.5 Å². The van der Waals surface area contributed by atoms with Crippen molar-refractivity contribution in [3.8, 4) is 0 Å². The predicted octanol–water partition coefficient (Wildman–Crippen LogP) is 2.57.